The number of aromatic hydroxyl groups is 1. The number of hydrogen-bond donors (Lipinski definition) is 3. The highest BCUT2D eigenvalue weighted by Gasteiger charge is 2.20. The number of hydrogen-bond acceptors (Lipinski definition) is 5. The fraction of sp³-hybridized carbons (Fsp3) is 0.333. The molecular weight excluding hydrogens is 200 g/mol. The molecule has 6 nitrogen and oxygen atoms in total. The van der Waals surface area contributed by atoms with Crippen molar-refractivity contribution in [2.24, 2.45) is 0 Å². The molecule has 0 saturated carbocycles. The molecule has 82 valence electrons. The van der Waals surface area contributed by atoms with Gasteiger partial charge in [0, 0.05) is 6.54 Å². The standard InChI is InChI=1S/C9H12N2O4/c1-6-2-3-7(10-4-5-12)8(9(6)13)11(14)15/h2-3,10,12-13H,4-5H2,1H3. The van der Waals surface area contributed by atoms with Gasteiger partial charge >= 0.3 is 5.69 Å². The zero-order valence-electron chi connectivity index (χ0n) is 8.23. The van der Waals surface area contributed by atoms with E-state index in [0.717, 1.165) is 0 Å². The first kappa shape index (κ1) is 11.3. The number of aliphatic hydroxyl groups excluding tert-OH is 1. The van der Waals surface area contributed by atoms with Crippen LogP contribution in [0.25, 0.3) is 0 Å². The molecule has 0 amide bonds. The Bertz CT molecular complexity index is 379. The summed E-state index contributed by atoms with van der Waals surface area (Å²) in [5, 5.41) is 31.5. The van der Waals surface area contributed by atoms with Gasteiger partial charge in [-0.3, -0.25) is 10.1 Å². The van der Waals surface area contributed by atoms with E-state index >= 15 is 0 Å². The Morgan fingerprint density at radius 2 is 2.20 bits per heavy atom. The second-order valence-electron chi connectivity index (χ2n) is 3.03. The zero-order valence-corrected chi connectivity index (χ0v) is 8.23. The van der Waals surface area contributed by atoms with Crippen molar-refractivity contribution >= 4 is 11.4 Å². The minimum Gasteiger partial charge on any atom is -0.502 e. The number of rotatable bonds is 4. The van der Waals surface area contributed by atoms with E-state index in [-0.39, 0.29) is 30.3 Å². The van der Waals surface area contributed by atoms with E-state index in [0.29, 0.717) is 5.56 Å². The fourth-order valence-corrected chi connectivity index (χ4v) is 1.20. The van der Waals surface area contributed by atoms with Gasteiger partial charge in [0.25, 0.3) is 0 Å². The average Bonchev–Trinajstić information content (AvgIpc) is 2.19. The van der Waals surface area contributed by atoms with Crippen LogP contribution in [0.2, 0.25) is 0 Å². The number of nitrogens with one attached hydrogen (secondary N) is 1. The molecule has 3 N–H and O–H groups in total. The van der Waals surface area contributed by atoms with Gasteiger partial charge in [0.05, 0.1) is 11.5 Å². The summed E-state index contributed by atoms with van der Waals surface area (Å²) >= 11 is 0. The normalized spacial score (nSPS) is 10.0. The second kappa shape index (κ2) is 4.61. The number of nitro groups is 1. The molecule has 0 aliphatic heterocycles. The smallest absolute Gasteiger partial charge is 0.333 e. The lowest BCUT2D eigenvalue weighted by atomic mass is 10.1. The Kier molecular flexibility index (Phi) is 3.46. The van der Waals surface area contributed by atoms with Crippen LogP contribution in [-0.4, -0.2) is 28.3 Å². The third-order valence-corrected chi connectivity index (χ3v) is 1.96. The number of phenolic OH excluding ortho intramolecular Hbond substituents is 1. The van der Waals surface area contributed by atoms with E-state index in [4.69, 9.17) is 5.11 Å². The van der Waals surface area contributed by atoms with Gasteiger partial charge in [0.15, 0.2) is 5.75 Å². The molecular formula is C9H12N2O4. The van der Waals surface area contributed by atoms with Crippen molar-refractivity contribution < 1.29 is 15.1 Å². The Morgan fingerprint density at radius 3 is 2.73 bits per heavy atom. The molecule has 0 radical (unpaired) electrons. The predicted molar refractivity (Wildman–Crippen MR) is 55.1 cm³/mol. The molecule has 1 aromatic carbocycles. The van der Waals surface area contributed by atoms with Crippen LogP contribution < -0.4 is 5.32 Å². The van der Waals surface area contributed by atoms with Crippen LogP contribution >= 0.6 is 0 Å². The van der Waals surface area contributed by atoms with Crippen molar-refractivity contribution in [2.45, 2.75) is 6.92 Å². The molecule has 0 fully saturated rings. The fourth-order valence-electron chi connectivity index (χ4n) is 1.20. The molecule has 6 heteroatoms. The molecule has 0 aromatic heterocycles. The number of nitrogens with zero attached hydrogens (tertiary/aromatic N) is 1. The van der Waals surface area contributed by atoms with Gasteiger partial charge in [-0.1, -0.05) is 6.07 Å². The molecule has 0 heterocycles. The summed E-state index contributed by atoms with van der Waals surface area (Å²) in [5.74, 6) is -0.345. The van der Waals surface area contributed by atoms with Crippen molar-refractivity contribution in [3.05, 3.63) is 27.8 Å². The highest BCUT2D eigenvalue weighted by atomic mass is 16.6. The summed E-state index contributed by atoms with van der Waals surface area (Å²) < 4.78 is 0. The molecule has 0 spiro atoms. The maximum atomic E-state index is 10.7. The zero-order chi connectivity index (χ0) is 11.4. The van der Waals surface area contributed by atoms with Crippen LogP contribution in [0.3, 0.4) is 0 Å². The molecule has 0 saturated heterocycles. The summed E-state index contributed by atoms with van der Waals surface area (Å²) in [6.07, 6.45) is 0. The third-order valence-electron chi connectivity index (χ3n) is 1.96. The number of nitro benzene ring substituents is 1. The highest BCUT2D eigenvalue weighted by molar-refractivity contribution is 5.70. The SMILES string of the molecule is Cc1ccc(NCCO)c([N+](=O)[O-])c1O. The Morgan fingerprint density at radius 1 is 1.53 bits per heavy atom. The first-order valence-corrected chi connectivity index (χ1v) is 4.39. The number of phenols is 1. The molecule has 0 unspecified atom stereocenters. The van der Waals surface area contributed by atoms with Gasteiger partial charge in [-0.2, -0.15) is 0 Å². The number of benzene rings is 1. The molecule has 15 heavy (non-hydrogen) atoms. The van der Waals surface area contributed by atoms with Gasteiger partial charge in [0.1, 0.15) is 5.69 Å². The lowest BCUT2D eigenvalue weighted by molar-refractivity contribution is -0.385. The summed E-state index contributed by atoms with van der Waals surface area (Å²) in [5.41, 5.74) is 0.289. The molecule has 0 atom stereocenters. The maximum Gasteiger partial charge on any atom is 0.333 e. The first-order valence-electron chi connectivity index (χ1n) is 4.39. The van der Waals surface area contributed by atoms with Crippen molar-refractivity contribution in [3.8, 4) is 5.75 Å². The van der Waals surface area contributed by atoms with Gasteiger partial charge in [-0.25, -0.2) is 0 Å². The molecule has 0 aliphatic rings. The molecule has 1 aromatic rings. The van der Waals surface area contributed by atoms with Gasteiger partial charge < -0.3 is 15.5 Å². The van der Waals surface area contributed by atoms with Gasteiger partial charge in [0.2, 0.25) is 0 Å². The van der Waals surface area contributed by atoms with Crippen LogP contribution in [0.15, 0.2) is 12.1 Å². The number of aryl methyl sites for hydroxylation is 1. The van der Waals surface area contributed by atoms with E-state index in [2.05, 4.69) is 5.32 Å². The van der Waals surface area contributed by atoms with Crippen LogP contribution in [0.5, 0.6) is 5.75 Å². The lowest BCUT2D eigenvalue weighted by Crippen LogP contribution is -2.07. The number of anilines is 1. The van der Waals surface area contributed by atoms with Crippen LogP contribution in [0, 0.1) is 17.0 Å². The maximum absolute atomic E-state index is 10.7. The van der Waals surface area contributed by atoms with Gasteiger partial charge in [-0.05, 0) is 18.6 Å². The monoisotopic (exact) mass is 212 g/mol. The highest BCUT2D eigenvalue weighted by Crippen LogP contribution is 2.36. The second-order valence-corrected chi connectivity index (χ2v) is 3.03. The van der Waals surface area contributed by atoms with Crippen molar-refractivity contribution in [1.29, 1.82) is 0 Å². The third kappa shape index (κ3) is 2.35. The number of aliphatic hydroxyl groups is 1. The summed E-state index contributed by atoms with van der Waals surface area (Å²) in [6.45, 7) is 1.65. The quantitative estimate of drug-likeness (QED) is 0.511. The predicted octanol–water partition coefficient (Wildman–Crippen LogP) is 1.01. The average molecular weight is 212 g/mol. The van der Waals surface area contributed by atoms with Crippen molar-refractivity contribution in [1.82, 2.24) is 0 Å². The van der Waals surface area contributed by atoms with Crippen LogP contribution in [0.4, 0.5) is 11.4 Å². The topological polar surface area (TPSA) is 95.6 Å². The Balaban J connectivity index is 3.15. The largest absolute Gasteiger partial charge is 0.502 e. The summed E-state index contributed by atoms with van der Waals surface area (Å²) in [4.78, 5) is 10.1. The van der Waals surface area contributed by atoms with E-state index in [1.165, 1.54) is 6.07 Å². The van der Waals surface area contributed by atoms with Crippen molar-refractivity contribution in [3.63, 3.8) is 0 Å². The van der Waals surface area contributed by atoms with E-state index < -0.39 is 4.92 Å². The van der Waals surface area contributed by atoms with E-state index in [9.17, 15) is 15.2 Å². The minimum absolute atomic E-state index is 0.133. The van der Waals surface area contributed by atoms with Crippen LogP contribution in [-0.2, 0) is 0 Å². The summed E-state index contributed by atoms with van der Waals surface area (Å²) in [7, 11) is 0. The summed E-state index contributed by atoms with van der Waals surface area (Å²) in [6, 6.07) is 3.07. The van der Waals surface area contributed by atoms with Gasteiger partial charge in [-0.15, -0.1) is 0 Å². The lowest BCUT2D eigenvalue weighted by Gasteiger charge is -2.07. The van der Waals surface area contributed by atoms with E-state index in [1.807, 2.05) is 0 Å². The van der Waals surface area contributed by atoms with Crippen molar-refractivity contribution in [2.75, 3.05) is 18.5 Å². The molecule has 1 rings (SSSR count). The Labute approximate surface area is 86.3 Å². The molecule has 0 aliphatic carbocycles. The minimum atomic E-state index is -0.651. The first-order chi connectivity index (χ1) is 7.07. The Hall–Kier alpha value is -1.82. The van der Waals surface area contributed by atoms with E-state index in [1.54, 1.807) is 13.0 Å². The van der Waals surface area contributed by atoms with Crippen LogP contribution in [0.1, 0.15) is 5.56 Å². The molecule has 0 bridgehead atoms.